The molecule has 0 radical (unpaired) electrons. The topological polar surface area (TPSA) is 119 Å². The number of hydroxylamine groups is 1. The fraction of sp³-hybridized carbons (Fsp3) is 0.312. The second-order valence-electron chi connectivity index (χ2n) is 6.07. The van der Waals surface area contributed by atoms with Crippen LogP contribution in [-0.2, 0) is 39.9 Å². The molecule has 0 spiro atoms. The molecule has 2 amide bonds. The molecule has 2 heterocycles. The van der Waals surface area contributed by atoms with Crippen LogP contribution in [0.1, 0.15) is 12.0 Å². The number of hydrogen-bond acceptors (Lipinski definition) is 8. The maximum atomic E-state index is 12.6. The molecule has 30 heavy (non-hydrogen) atoms. The van der Waals surface area contributed by atoms with E-state index < -0.39 is 56.0 Å². The van der Waals surface area contributed by atoms with Gasteiger partial charge in [-0.3, -0.25) is 14.5 Å². The summed E-state index contributed by atoms with van der Waals surface area (Å²) in [5.74, 6) is -4.16. The van der Waals surface area contributed by atoms with Crippen molar-refractivity contribution >= 4 is 39.7 Å². The Bertz CT molecular complexity index is 1010. The Morgan fingerprint density at radius 3 is 2.50 bits per heavy atom. The van der Waals surface area contributed by atoms with Crippen LogP contribution in [0.25, 0.3) is 0 Å². The first-order chi connectivity index (χ1) is 14.0. The molecule has 0 bridgehead atoms. The number of hydrogen-bond donors (Lipinski definition) is 1. The van der Waals surface area contributed by atoms with Crippen LogP contribution >= 0.6 is 11.8 Å². The zero-order chi connectivity index (χ0) is 22.1. The van der Waals surface area contributed by atoms with Crippen molar-refractivity contribution in [2.24, 2.45) is 0 Å². The second-order valence-corrected chi connectivity index (χ2v) is 8.77. The Balaban J connectivity index is 1.77. The first kappa shape index (κ1) is 22.0. The molecule has 1 atom stereocenters. The molecule has 162 valence electrons. The van der Waals surface area contributed by atoms with Gasteiger partial charge in [0.15, 0.2) is 11.5 Å². The van der Waals surface area contributed by atoms with Crippen LogP contribution in [0.4, 0.5) is 13.2 Å². The van der Waals surface area contributed by atoms with Gasteiger partial charge in [-0.15, -0.1) is 11.8 Å². The summed E-state index contributed by atoms with van der Waals surface area (Å²) in [5.41, 5.74) is -4.12. The summed E-state index contributed by atoms with van der Waals surface area (Å²) in [6, 6.07) is 8.37. The molecule has 0 aliphatic carbocycles. The minimum Gasteiger partial charge on any atom is -0.377 e. The lowest BCUT2D eigenvalue weighted by Crippen LogP contribution is -2.55. The zero-order valence-corrected chi connectivity index (χ0v) is 16.5. The van der Waals surface area contributed by atoms with Gasteiger partial charge < -0.3 is 9.02 Å². The summed E-state index contributed by atoms with van der Waals surface area (Å²) in [5, 5.41) is -0.582. The van der Waals surface area contributed by atoms with Gasteiger partial charge in [0.2, 0.25) is 5.91 Å². The summed E-state index contributed by atoms with van der Waals surface area (Å²) < 4.78 is 64.7. The van der Waals surface area contributed by atoms with Crippen LogP contribution in [-0.4, -0.2) is 47.7 Å². The maximum Gasteiger partial charge on any atom is 0.534 e. The van der Waals surface area contributed by atoms with Crippen molar-refractivity contribution in [2.45, 2.75) is 23.7 Å². The van der Waals surface area contributed by atoms with Gasteiger partial charge in [-0.05, 0) is 5.56 Å². The van der Waals surface area contributed by atoms with Crippen molar-refractivity contribution in [1.29, 1.82) is 0 Å². The highest BCUT2D eigenvalue weighted by Crippen LogP contribution is 2.41. The van der Waals surface area contributed by atoms with E-state index in [0.29, 0.717) is 5.56 Å². The summed E-state index contributed by atoms with van der Waals surface area (Å²) in [6.45, 7) is 0. The Hall–Kier alpha value is -2.74. The number of fused-ring (bicyclic) bond motifs is 1. The average molecular weight is 466 g/mol. The highest BCUT2D eigenvalue weighted by molar-refractivity contribution is 8.00. The SMILES string of the molecule is O=C(Cc1ccccc1)NOC(=O)C1=C(OS(=O)(=O)C(F)(F)F)CS[C@H]2CC(=O)N12. The molecule has 9 nitrogen and oxygen atoms in total. The van der Waals surface area contributed by atoms with Crippen molar-refractivity contribution < 1.29 is 45.0 Å². The molecule has 1 aromatic rings. The van der Waals surface area contributed by atoms with Crippen LogP contribution in [0, 0.1) is 0 Å². The number of nitrogens with zero attached hydrogens (tertiary/aromatic N) is 1. The molecule has 0 unspecified atom stereocenters. The molecular formula is C16H13F3N2O7S2. The summed E-state index contributed by atoms with van der Waals surface area (Å²) in [6.07, 6.45) is -0.165. The molecule has 1 fully saturated rings. The number of alkyl halides is 3. The van der Waals surface area contributed by atoms with Crippen molar-refractivity contribution in [3.8, 4) is 0 Å². The van der Waals surface area contributed by atoms with Gasteiger partial charge in [0.1, 0.15) is 0 Å². The normalized spacial score (nSPS) is 19.0. The fourth-order valence-electron chi connectivity index (χ4n) is 2.59. The number of thioether (sulfide) groups is 1. The summed E-state index contributed by atoms with van der Waals surface area (Å²) in [4.78, 5) is 41.5. The lowest BCUT2D eigenvalue weighted by molar-refractivity contribution is -0.159. The third kappa shape index (κ3) is 4.53. The molecule has 1 N–H and O–H groups in total. The van der Waals surface area contributed by atoms with Crippen LogP contribution in [0.2, 0.25) is 0 Å². The molecule has 1 saturated heterocycles. The standard InChI is InChI=1S/C16H13F3N2O7S2/c17-16(18,19)30(25,26)28-10-8-29-13-7-12(23)21(13)14(10)15(24)27-20-11(22)6-9-4-2-1-3-5-9/h1-5,13H,6-8H2,(H,20,22)/t13-/m0/s1. The predicted molar refractivity (Wildman–Crippen MR) is 95.2 cm³/mol. The smallest absolute Gasteiger partial charge is 0.377 e. The quantitative estimate of drug-likeness (QED) is 0.298. The molecule has 3 rings (SSSR count). The van der Waals surface area contributed by atoms with Crippen molar-refractivity contribution in [3.05, 3.63) is 47.4 Å². The minimum atomic E-state index is -6.07. The van der Waals surface area contributed by atoms with E-state index in [1.807, 2.05) is 5.48 Å². The van der Waals surface area contributed by atoms with Crippen LogP contribution < -0.4 is 5.48 Å². The van der Waals surface area contributed by atoms with E-state index in [-0.39, 0.29) is 12.8 Å². The Labute approximate surface area is 172 Å². The first-order valence-electron chi connectivity index (χ1n) is 8.21. The third-order valence-electron chi connectivity index (χ3n) is 3.97. The molecular weight excluding hydrogens is 453 g/mol. The summed E-state index contributed by atoms with van der Waals surface area (Å²) in [7, 11) is -6.07. The van der Waals surface area contributed by atoms with Crippen molar-refractivity contribution in [2.75, 3.05) is 5.75 Å². The molecule has 2 aliphatic rings. The lowest BCUT2D eigenvalue weighted by atomic mass is 10.1. The van der Waals surface area contributed by atoms with Crippen LogP contribution in [0.3, 0.4) is 0 Å². The Kier molecular flexibility index (Phi) is 5.99. The van der Waals surface area contributed by atoms with Gasteiger partial charge in [-0.1, -0.05) is 30.3 Å². The largest absolute Gasteiger partial charge is 0.534 e. The number of β-lactam (4-membered cyclic amide) rings is 1. The fourth-order valence-corrected chi connectivity index (χ4v) is 4.33. The van der Waals surface area contributed by atoms with E-state index >= 15 is 0 Å². The van der Waals surface area contributed by atoms with Crippen molar-refractivity contribution in [3.63, 3.8) is 0 Å². The highest BCUT2D eigenvalue weighted by Gasteiger charge is 2.52. The first-order valence-corrected chi connectivity index (χ1v) is 10.7. The van der Waals surface area contributed by atoms with Crippen molar-refractivity contribution in [1.82, 2.24) is 10.4 Å². The van der Waals surface area contributed by atoms with E-state index in [4.69, 9.17) is 0 Å². The lowest BCUT2D eigenvalue weighted by Gasteiger charge is -2.43. The number of rotatable bonds is 5. The monoisotopic (exact) mass is 466 g/mol. The van der Waals surface area contributed by atoms with Crippen LogP contribution in [0.15, 0.2) is 41.8 Å². The van der Waals surface area contributed by atoms with E-state index in [2.05, 4.69) is 9.02 Å². The van der Waals surface area contributed by atoms with Gasteiger partial charge in [0, 0.05) is 0 Å². The minimum absolute atomic E-state index is 0.00110. The van der Waals surface area contributed by atoms with Gasteiger partial charge in [-0.25, -0.2) is 4.79 Å². The third-order valence-corrected chi connectivity index (χ3v) is 6.15. The van der Waals surface area contributed by atoms with Gasteiger partial charge in [0.05, 0.1) is 24.0 Å². The van der Waals surface area contributed by atoms with Crippen LogP contribution in [0.5, 0.6) is 0 Å². The number of carbonyl (C=O) groups excluding carboxylic acids is 3. The van der Waals surface area contributed by atoms with E-state index in [1.54, 1.807) is 30.3 Å². The van der Waals surface area contributed by atoms with Gasteiger partial charge >= 0.3 is 21.6 Å². The Morgan fingerprint density at radius 2 is 1.90 bits per heavy atom. The number of halogens is 3. The number of benzene rings is 1. The summed E-state index contributed by atoms with van der Waals surface area (Å²) >= 11 is 0.919. The number of nitrogens with one attached hydrogen (secondary N) is 1. The molecule has 0 aromatic heterocycles. The highest BCUT2D eigenvalue weighted by atomic mass is 32.2. The average Bonchev–Trinajstić information content (AvgIpc) is 2.65. The second kappa shape index (κ2) is 8.18. The Morgan fingerprint density at radius 1 is 1.23 bits per heavy atom. The maximum absolute atomic E-state index is 12.6. The van der Waals surface area contributed by atoms with E-state index in [1.165, 1.54) is 0 Å². The van der Waals surface area contributed by atoms with Gasteiger partial charge in [-0.2, -0.15) is 27.1 Å². The molecule has 0 saturated carbocycles. The predicted octanol–water partition coefficient (Wildman–Crippen LogP) is 1.19. The van der Waals surface area contributed by atoms with Gasteiger partial charge in [0.25, 0.3) is 5.91 Å². The molecule has 2 aliphatic heterocycles. The molecule has 1 aromatic carbocycles. The van der Waals surface area contributed by atoms with E-state index in [0.717, 1.165) is 16.7 Å². The van der Waals surface area contributed by atoms with E-state index in [9.17, 15) is 36.0 Å². The number of carbonyl (C=O) groups is 3. The molecule has 14 heteroatoms. The number of amides is 2. The zero-order valence-electron chi connectivity index (χ0n) is 14.8.